The van der Waals surface area contributed by atoms with E-state index >= 15 is 0 Å². The van der Waals surface area contributed by atoms with Gasteiger partial charge in [0.15, 0.2) is 11.5 Å². The first-order chi connectivity index (χ1) is 15.4. The van der Waals surface area contributed by atoms with Crippen LogP contribution in [-0.2, 0) is 4.79 Å². The van der Waals surface area contributed by atoms with Crippen molar-refractivity contribution in [1.29, 1.82) is 0 Å². The quantitative estimate of drug-likeness (QED) is 0.714. The van der Waals surface area contributed by atoms with E-state index in [2.05, 4.69) is 4.57 Å². The molecule has 1 saturated heterocycles. The zero-order valence-electron chi connectivity index (χ0n) is 19.5. The summed E-state index contributed by atoms with van der Waals surface area (Å²) in [5.74, 6) is 1.76. The van der Waals surface area contributed by atoms with Gasteiger partial charge in [0.1, 0.15) is 13.2 Å². The predicted molar refractivity (Wildman–Crippen MR) is 123 cm³/mol. The maximum Gasteiger partial charge on any atom is 0.255 e. The first kappa shape index (κ1) is 22.2. The molecule has 0 bridgehead atoms. The summed E-state index contributed by atoms with van der Waals surface area (Å²) in [5.41, 5.74) is 3.57. The number of hydrogen-bond acceptors (Lipinski definition) is 4. The molecule has 0 saturated carbocycles. The zero-order valence-corrected chi connectivity index (χ0v) is 19.5. The topological polar surface area (TPSA) is 64.0 Å². The van der Waals surface area contributed by atoms with Gasteiger partial charge in [0.2, 0.25) is 5.91 Å². The SMILES string of the molecule is CCN(CC)C(=O)C1CCN(C(=O)c2cc(C)n(-c3ccc4c(c3)OCCO4)c2C)CC1. The number of hydrogen-bond donors (Lipinski definition) is 0. The molecule has 1 aromatic heterocycles. The molecule has 2 aromatic rings. The molecule has 1 fully saturated rings. The average Bonchev–Trinajstić information content (AvgIpc) is 3.12. The van der Waals surface area contributed by atoms with Gasteiger partial charge in [-0.2, -0.15) is 0 Å². The number of ether oxygens (including phenoxy) is 2. The van der Waals surface area contributed by atoms with Crippen LogP contribution in [-0.4, -0.2) is 65.6 Å². The van der Waals surface area contributed by atoms with Crippen molar-refractivity contribution >= 4 is 11.8 Å². The minimum Gasteiger partial charge on any atom is -0.486 e. The van der Waals surface area contributed by atoms with Crippen molar-refractivity contribution in [3.8, 4) is 17.2 Å². The van der Waals surface area contributed by atoms with E-state index < -0.39 is 0 Å². The smallest absolute Gasteiger partial charge is 0.255 e. The molecular weight excluding hydrogens is 406 g/mol. The maximum atomic E-state index is 13.3. The van der Waals surface area contributed by atoms with Crippen LogP contribution in [0.25, 0.3) is 5.69 Å². The highest BCUT2D eigenvalue weighted by Crippen LogP contribution is 2.34. The van der Waals surface area contributed by atoms with Crippen molar-refractivity contribution in [3.63, 3.8) is 0 Å². The summed E-state index contributed by atoms with van der Waals surface area (Å²) in [6.45, 7) is 11.8. The monoisotopic (exact) mass is 439 g/mol. The van der Waals surface area contributed by atoms with Gasteiger partial charge < -0.3 is 23.8 Å². The molecule has 7 nitrogen and oxygen atoms in total. The average molecular weight is 440 g/mol. The second-order valence-corrected chi connectivity index (χ2v) is 8.53. The van der Waals surface area contributed by atoms with E-state index in [-0.39, 0.29) is 17.7 Å². The first-order valence-corrected chi connectivity index (χ1v) is 11.6. The summed E-state index contributed by atoms with van der Waals surface area (Å²) >= 11 is 0. The number of rotatable bonds is 5. The summed E-state index contributed by atoms with van der Waals surface area (Å²) in [6, 6.07) is 7.84. The minimum absolute atomic E-state index is 0.0177. The van der Waals surface area contributed by atoms with Gasteiger partial charge in [-0.1, -0.05) is 0 Å². The Morgan fingerprint density at radius 3 is 2.31 bits per heavy atom. The molecule has 0 N–H and O–H groups in total. The minimum atomic E-state index is 0.0177. The number of carbonyl (C=O) groups is 2. The van der Waals surface area contributed by atoms with Gasteiger partial charge in [0.05, 0.1) is 5.56 Å². The standard InChI is InChI=1S/C25H33N3O4/c1-5-26(6-2)24(29)19-9-11-27(12-10-19)25(30)21-15-17(3)28(18(21)4)20-7-8-22-23(16-20)32-14-13-31-22/h7-8,15-16,19H,5-6,9-14H2,1-4H3. The number of amides is 2. The largest absolute Gasteiger partial charge is 0.486 e. The summed E-state index contributed by atoms with van der Waals surface area (Å²) < 4.78 is 13.4. The third kappa shape index (κ3) is 4.08. The van der Waals surface area contributed by atoms with Crippen molar-refractivity contribution in [2.75, 3.05) is 39.4 Å². The highest BCUT2D eigenvalue weighted by Gasteiger charge is 2.31. The van der Waals surface area contributed by atoms with Gasteiger partial charge in [0, 0.05) is 55.2 Å². The van der Waals surface area contributed by atoms with Gasteiger partial charge in [-0.05, 0) is 58.7 Å². The van der Waals surface area contributed by atoms with Crippen LogP contribution in [0.4, 0.5) is 0 Å². The Kier molecular flexibility index (Phi) is 6.44. The molecule has 0 atom stereocenters. The summed E-state index contributed by atoms with van der Waals surface area (Å²) in [4.78, 5) is 29.8. The Balaban J connectivity index is 1.50. The number of aromatic nitrogens is 1. The van der Waals surface area contributed by atoms with Crippen molar-refractivity contribution in [2.45, 2.75) is 40.5 Å². The van der Waals surface area contributed by atoms with Crippen molar-refractivity contribution in [3.05, 3.63) is 41.2 Å². The van der Waals surface area contributed by atoms with Gasteiger partial charge in [-0.25, -0.2) is 0 Å². The molecule has 2 amide bonds. The molecule has 2 aliphatic heterocycles. The molecule has 0 spiro atoms. The van der Waals surface area contributed by atoms with E-state index in [1.165, 1.54) is 0 Å². The van der Waals surface area contributed by atoms with Crippen LogP contribution in [0.3, 0.4) is 0 Å². The lowest BCUT2D eigenvalue weighted by molar-refractivity contribution is -0.136. The van der Waals surface area contributed by atoms with Crippen LogP contribution in [0.1, 0.15) is 48.4 Å². The van der Waals surface area contributed by atoms with Gasteiger partial charge >= 0.3 is 0 Å². The van der Waals surface area contributed by atoms with E-state index in [0.717, 1.165) is 54.5 Å². The second kappa shape index (κ2) is 9.27. The number of nitrogens with zero attached hydrogens (tertiary/aromatic N) is 3. The normalized spacial score (nSPS) is 16.2. The van der Waals surface area contributed by atoms with Crippen LogP contribution < -0.4 is 9.47 Å². The Labute approximate surface area is 189 Å². The molecular formula is C25H33N3O4. The van der Waals surface area contributed by atoms with Crippen molar-refractivity contribution < 1.29 is 19.1 Å². The first-order valence-electron chi connectivity index (χ1n) is 11.6. The van der Waals surface area contributed by atoms with Crippen LogP contribution in [0.5, 0.6) is 11.5 Å². The second-order valence-electron chi connectivity index (χ2n) is 8.53. The predicted octanol–water partition coefficient (Wildman–Crippen LogP) is 3.59. The molecule has 4 rings (SSSR count). The summed E-state index contributed by atoms with van der Waals surface area (Å²) in [6.07, 6.45) is 1.45. The molecule has 172 valence electrons. The van der Waals surface area contributed by atoms with E-state index in [0.29, 0.717) is 31.9 Å². The highest BCUT2D eigenvalue weighted by atomic mass is 16.6. The Morgan fingerprint density at radius 1 is 1.00 bits per heavy atom. The van der Waals surface area contributed by atoms with Gasteiger partial charge in [0.25, 0.3) is 5.91 Å². The summed E-state index contributed by atoms with van der Waals surface area (Å²) in [5, 5.41) is 0. The lowest BCUT2D eigenvalue weighted by atomic mass is 9.94. The molecule has 0 radical (unpaired) electrons. The third-order valence-corrected chi connectivity index (χ3v) is 6.65. The fraction of sp³-hybridized carbons (Fsp3) is 0.520. The lowest BCUT2D eigenvalue weighted by Crippen LogP contribution is -2.44. The fourth-order valence-electron chi connectivity index (χ4n) is 4.84. The van der Waals surface area contributed by atoms with E-state index in [4.69, 9.17) is 9.47 Å². The number of aryl methyl sites for hydroxylation is 1. The van der Waals surface area contributed by atoms with Crippen LogP contribution in [0.2, 0.25) is 0 Å². The third-order valence-electron chi connectivity index (χ3n) is 6.65. The van der Waals surface area contributed by atoms with Crippen LogP contribution in [0, 0.1) is 19.8 Å². The van der Waals surface area contributed by atoms with Gasteiger partial charge in [-0.3, -0.25) is 9.59 Å². The summed E-state index contributed by atoms with van der Waals surface area (Å²) in [7, 11) is 0. The van der Waals surface area contributed by atoms with E-state index in [1.54, 1.807) is 0 Å². The van der Waals surface area contributed by atoms with Crippen molar-refractivity contribution in [1.82, 2.24) is 14.4 Å². The fourth-order valence-corrected chi connectivity index (χ4v) is 4.84. The molecule has 2 aliphatic rings. The number of piperidine rings is 1. The number of benzene rings is 1. The Hall–Kier alpha value is -2.96. The van der Waals surface area contributed by atoms with Crippen LogP contribution >= 0.6 is 0 Å². The van der Waals surface area contributed by atoms with Crippen LogP contribution in [0.15, 0.2) is 24.3 Å². The Bertz CT molecular complexity index is 1000. The molecule has 3 heterocycles. The van der Waals surface area contributed by atoms with E-state index in [9.17, 15) is 9.59 Å². The molecule has 0 aliphatic carbocycles. The molecule has 7 heteroatoms. The molecule has 0 unspecified atom stereocenters. The Morgan fingerprint density at radius 2 is 1.66 bits per heavy atom. The molecule has 32 heavy (non-hydrogen) atoms. The number of fused-ring (bicyclic) bond motifs is 1. The van der Waals surface area contributed by atoms with Gasteiger partial charge in [-0.15, -0.1) is 0 Å². The van der Waals surface area contributed by atoms with E-state index in [1.807, 2.05) is 61.8 Å². The number of carbonyl (C=O) groups excluding carboxylic acids is 2. The maximum absolute atomic E-state index is 13.3. The lowest BCUT2D eigenvalue weighted by Gasteiger charge is -2.33. The van der Waals surface area contributed by atoms with Crippen molar-refractivity contribution in [2.24, 2.45) is 5.92 Å². The highest BCUT2D eigenvalue weighted by molar-refractivity contribution is 5.96. The number of likely N-dealkylation sites (tertiary alicyclic amines) is 1. The zero-order chi connectivity index (χ0) is 22.8. The molecule has 1 aromatic carbocycles.